The Morgan fingerprint density at radius 2 is 1.86 bits per heavy atom. The quantitative estimate of drug-likeness (QED) is 0.529. The van der Waals surface area contributed by atoms with Gasteiger partial charge in [0, 0.05) is 6.08 Å². The summed E-state index contributed by atoms with van der Waals surface area (Å²) in [5, 5.41) is 0. The number of rotatable bonds is 2. The summed E-state index contributed by atoms with van der Waals surface area (Å²) in [7, 11) is 0. The highest BCUT2D eigenvalue weighted by Gasteiger charge is 2.18. The molecule has 0 amide bonds. The third-order valence-electron chi connectivity index (χ3n) is 4.09. The molecule has 1 heteroatoms. The number of hydrogen-bond donors (Lipinski definition) is 0. The number of fused-ring (bicyclic) bond motifs is 1. The minimum Gasteiger partial charge on any atom is -0.216 e. The van der Waals surface area contributed by atoms with Gasteiger partial charge in [0.25, 0.3) is 0 Å². The largest absolute Gasteiger partial charge is 0.353 e. The van der Waals surface area contributed by atoms with Crippen molar-refractivity contribution in [3.63, 3.8) is 0 Å². The fourth-order valence-electron chi connectivity index (χ4n) is 2.88. The number of aryl methyl sites for hydroxylation is 2. The summed E-state index contributed by atoms with van der Waals surface area (Å²) in [6.07, 6.45) is 7.75. The van der Waals surface area contributed by atoms with Gasteiger partial charge in [-0.05, 0) is 53.1 Å². The van der Waals surface area contributed by atoms with Gasteiger partial charge in [-0.25, -0.2) is 4.42 Å². The van der Waals surface area contributed by atoms with E-state index in [1.165, 1.54) is 33.4 Å². The van der Waals surface area contributed by atoms with Gasteiger partial charge in [-0.15, -0.1) is 0 Å². The van der Waals surface area contributed by atoms with Gasteiger partial charge in [0.2, 0.25) is 0 Å². The van der Waals surface area contributed by atoms with Crippen molar-refractivity contribution < 1.29 is 4.42 Å². The first-order valence-electron chi connectivity index (χ1n) is 7.48. The topological polar surface area (TPSA) is 11.3 Å². The van der Waals surface area contributed by atoms with E-state index in [1.54, 1.807) is 6.29 Å². The van der Waals surface area contributed by atoms with Crippen molar-refractivity contribution in [1.29, 1.82) is 0 Å². The van der Waals surface area contributed by atoms with Crippen LogP contribution in [0.15, 0.2) is 42.2 Å². The molecule has 3 rings (SSSR count). The zero-order valence-corrected chi connectivity index (χ0v) is 13.1. The van der Waals surface area contributed by atoms with Crippen LogP contribution in [0.25, 0.3) is 17.2 Å². The van der Waals surface area contributed by atoms with E-state index in [0.29, 0.717) is 5.92 Å². The predicted octanol–water partition coefficient (Wildman–Crippen LogP) is 5.18. The second kappa shape index (κ2) is 5.33. The Bertz CT molecular complexity index is 731. The van der Waals surface area contributed by atoms with Gasteiger partial charge >= 0.3 is 12.0 Å². The van der Waals surface area contributed by atoms with Crippen molar-refractivity contribution in [3.8, 4) is 11.1 Å². The lowest BCUT2D eigenvalue weighted by molar-refractivity contribution is -0.378. The third kappa shape index (κ3) is 2.56. The molecule has 106 valence electrons. The lowest BCUT2D eigenvalue weighted by atomic mass is 10.0. The number of hydrogen-bond acceptors (Lipinski definition) is 0. The van der Waals surface area contributed by atoms with E-state index in [9.17, 15) is 0 Å². The van der Waals surface area contributed by atoms with E-state index >= 15 is 0 Å². The third-order valence-corrected chi connectivity index (χ3v) is 4.09. The molecule has 0 aromatic rings. The van der Waals surface area contributed by atoms with Crippen molar-refractivity contribution in [2.75, 3.05) is 0 Å². The molecule has 0 aromatic carbocycles. The van der Waals surface area contributed by atoms with Crippen LogP contribution in [0.5, 0.6) is 0 Å². The summed E-state index contributed by atoms with van der Waals surface area (Å²) in [6, 6.07) is 9.07. The molecule has 0 N–H and O–H groups in total. The molecular weight excluding hydrogens is 256 g/mol. The van der Waals surface area contributed by atoms with Crippen LogP contribution in [0.2, 0.25) is 0 Å². The molecule has 0 fully saturated rings. The molecule has 0 bridgehead atoms. The van der Waals surface area contributed by atoms with Gasteiger partial charge in [0.1, 0.15) is 0 Å². The second-order valence-corrected chi connectivity index (χ2v) is 6.05. The lowest BCUT2D eigenvalue weighted by Gasteiger charge is -2.04. The maximum absolute atomic E-state index is 5.47. The highest BCUT2D eigenvalue weighted by atomic mass is 16.4. The van der Waals surface area contributed by atoms with E-state index in [0.717, 1.165) is 5.76 Å². The predicted molar refractivity (Wildman–Crippen MR) is 89.8 cm³/mol. The van der Waals surface area contributed by atoms with Crippen LogP contribution >= 0.6 is 0 Å². The molecule has 1 aliphatic heterocycles. The Balaban J connectivity index is 2.21. The van der Waals surface area contributed by atoms with E-state index in [4.69, 9.17) is 4.42 Å². The minimum atomic E-state index is 0.534. The number of aldehydes is 1. The van der Waals surface area contributed by atoms with Crippen molar-refractivity contribution in [2.45, 2.75) is 33.6 Å². The van der Waals surface area contributed by atoms with Crippen LogP contribution in [-0.4, -0.2) is 6.29 Å². The zero-order valence-electron chi connectivity index (χ0n) is 13.1. The summed E-state index contributed by atoms with van der Waals surface area (Å²) >= 11 is 0. The van der Waals surface area contributed by atoms with Gasteiger partial charge in [-0.3, -0.25) is 0 Å². The molecule has 0 spiro atoms. The first-order chi connectivity index (χ1) is 10.1. The molecule has 2 aliphatic carbocycles. The van der Waals surface area contributed by atoms with Gasteiger partial charge in [-0.2, -0.15) is 0 Å². The fraction of sp³-hybridized carbons (Fsp3) is 0.250. The summed E-state index contributed by atoms with van der Waals surface area (Å²) in [4.78, 5) is 0. The van der Waals surface area contributed by atoms with Crippen molar-refractivity contribution in [2.24, 2.45) is 0 Å². The molecule has 0 saturated carbocycles. The SMILES string of the molecule is Cc1cc(/C=C2/C=CC=[O+]2)c2c(C)ccc(C(C)C)cc1-2. The summed E-state index contributed by atoms with van der Waals surface area (Å²) in [5.74, 6) is 1.43. The monoisotopic (exact) mass is 277 g/mol. The second-order valence-electron chi connectivity index (χ2n) is 6.05. The molecule has 0 aromatic heterocycles. The average molecular weight is 277 g/mol. The highest BCUT2D eigenvalue weighted by Crippen LogP contribution is 2.37. The van der Waals surface area contributed by atoms with Crippen LogP contribution in [0.1, 0.15) is 42.0 Å². The Kier molecular flexibility index (Phi) is 3.50. The van der Waals surface area contributed by atoms with Crippen LogP contribution in [0, 0.1) is 13.8 Å². The molecule has 21 heavy (non-hydrogen) atoms. The van der Waals surface area contributed by atoms with Gasteiger partial charge in [0.15, 0.2) is 0 Å². The normalized spacial score (nSPS) is 15.8. The van der Waals surface area contributed by atoms with Crippen LogP contribution < -0.4 is 0 Å². The molecule has 0 atom stereocenters. The Morgan fingerprint density at radius 3 is 2.52 bits per heavy atom. The van der Waals surface area contributed by atoms with Crippen molar-refractivity contribution in [1.82, 2.24) is 0 Å². The fourth-order valence-corrected chi connectivity index (χ4v) is 2.88. The first-order valence-corrected chi connectivity index (χ1v) is 7.48. The summed E-state index contributed by atoms with van der Waals surface area (Å²) in [5.41, 5.74) is 7.92. The molecule has 0 radical (unpaired) electrons. The minimum absolute atomic E-state index is 0.534. The smallest absolute Gasteiger partial charge is 0.216 e. The zero-order chi connectivity index (χ0) is 15.0. The molecule has 0 saturated heterocycles. The van der Waals surface area contributed by atoms with E-state index in [1.807, 2.05) is 12.2 Å². The van der Waals surface area contributed by atoms with E-state index < -0.39 is 0 Å². The van der Waals surface area contributed by atoms with Crippen molar-refractivity contribution >= 4 is 12.4 Å². The Morgan fingerprint density at radius 1 is 1.05 bits per heavy atom. The molecular formula is C20H21O+. The standard InChI is InChI=1S/C20H21O/c1-13(2)16-8-7-14(3)20-17(10-15(4)19(20)12-16)11-18-6-5-9-21-18/h5-13H,1-4H3/q+1/b18-11-. The Labute approximate surface area is 126 Å². The van der Waals surface area contributed by atoms with Gasteiger partial charge in [-0.1, -0.05) is 38.1 Å². The van der Waals surface area contributed by atoms with Gasteiger partial charge < -0.3 is 0 Å². The first kappa shape index (κ1) is 13.8. The Hall–Kier alpha value is -2.15. The van der Waals surface area contributed by atoms with Crippen LogP contribution in [0.3, 0.4) is 0 Å². The summed E-state index contributed by atoms with van der Waals surface area (Å²) < 4.78 is 5.47. The highest BCUT2D eigenvalue weighted by molar-refractivity contribution is 5.85. The number of carbonyl (C=O) groups excluding carboxylic acids is 1. The average Bonchev–Trinajstić information content (AvgIpc) is 2.98. The molecule has 1 heterocycles. The van der Waals surface area contributed by atoms with Crippen LogP contribution in [0.4, 0.5) is 0 Å². The molecule has 1 nitrogen and oxygen atoms in total. The van der Waals surface area contributed by atoms with Gasteiger partial charge in [0.05, 0.1) is 12.2 Å². The summed E-state index contributed by atoms with van der Waals surface area (Å²) in [6.45, 7) is 8.85. The molecule has 3 aliphatic rings. The van der Waals surface area contributed by atoms with E-state index in [-0.39, 0.29) is 0 Å². The van der Waals surface area contributed by atoms with Crippen molar-refractivity contribution in [3.05, 3.63) is 64.4 Å². The maximum Gasteiger partial charge on any atom is 0.353 e. The maximum atomic E-state index is 5.47. The van der Waals surface area contributed by atoms with E-state index in [2.05, 4.69) is 58.0 Å². The van der Waals surface area contributed by atoms with Crippen LogP contribution in [-0.2, 0) is 4.42 Å². The molecule has 0 unspecified atom stereocenters. The number of allylic oxidation sites excluding steroid dienone is 2. The lowest BCUT2D eigenvalue weighted by Crippen LogP contribution is -1.84.